The number of nitrogens with zero attached hydrogens (tertiary/aromatic N) is 4. The first-order valence-corrected chi connectivity index (χ1v) is 5.76. The Bertz CT molecular complexity index is 368. The molecule has 2 rings (SSSR count). The molecule has 2 heterocycles. The second-order valence-corrected chi connectivity index (χ2v) is 4.48. The van der Waals surface area contributed by atoms with Gasteiger partial charge in [0.05, 0.1) is 6.54 Å². The average Bonchev–Trinajstić information content (AvgIpc) is 2.76. The standard InChI is InChI=1S/C7H8N4S2/c1-12-7-10-9-6(13-7)5-11-4-2-3-8-11/h2-4H,5H2,1H3. The fourth-order valence-electron chi connectivity index (χ4n) is 0.917. The van der Waals surface area contributed by atoms with Crippen molar-refractivity contribution in [3.8, 4) is 0 Å². The van der Waals surface area contributed by atoms with Gasteiger partial charge in [-0.2, -0.15) is 5.10 Å². The predicted molar refractivity (Wildman–Crippen MR) is 53.0 cm³/mol. The molecule has 4 nitrogen and oxygen atoms in total. The van der Waals surface area contributed by atoms with Crippen LogP contribution in [-0.2, 0) is 6.54 Å². The van der Waals surface area contributed by atoms with Gasteiger partial charge in [-0.3, -0.25) is 4.68 Å². The Labute approximate surface area is 84.0 Å². The van der Waals surface area contributed by atoms with E-state index in [0.717, 1.165) is 9.35 Å². The first-order chi connectivity index (χ1) is 6.38. The molecule has 0 radical (unpaired) electrons. The number of hydrogen-bond acceptors (Lipinski definition) is 5. The molecule has 0 saturated heterocycles. The summed E-state index contributed by atoms with van der Waals surface area (Å²) in [4.78, 5) is 0. The summed E-state index contributed by atoms with van der Waals surface area (Å²) in [5, 5.41) is 13.1. The van der Waals surface area contributed by atoms with E-state index in [1.807, 2.05) is 23.2 Å². The highest BCUT2D eigenvalue weighted by Crippen LogP contribution is 2.19. The van der Waals surface area contributed by atoms with Gasteiger partial charge in [-0.25, -0.2) is 0 Å². The summed E-state index contributed by atoms with van der Waals surface area (Å²) in [6, 6.07) is 1.90. The zero-order valence-electron chi connectivity index (χ0n) is 7.04. The lowest BCUT2D eigenvalue weighted by atomic mass is 10.7. The Kier molecular flexibility index (Phi) is 2.60. The van der Waals surface area contributed by atoms with E-state index in [4.69, 9.17) is 0 Å². The van der Waals surface area contributed by atoms with Gasteiger partial charge >= 0.3 is 0 Å². The van der Waals surface area contributed by atoms with Crippen LogP contribution < -0.4 is 0 Å². The van der Waals surface area contributed by atoms with Crippen LogP contribution in [0.25, 0.3) is 0 Å². The van der Waals surface area contributed by atoms with Crippen LogP contribution in [0.2, 0.25) is 0 Å². The molecular weight excluding hydrogens is 204 g/mol. The number of hydrogen-bond donors (Lipinski definition) is 0. The van der Waals surface area contributed by atoms with E-state index in [2.05, 4.69) is 15.3 Å². The van der Waals surface area contributed by atoms with E-state index in [1.165, 1.54) is 0 Å². The second-order valence-electron chi connectivity index (χ2n) is 2.37. The monoisotopic (exact) mass is 212 g/mol. The van der Waals surface area contributed by atoms with Crippen molar-refractivity contribution in [2.45, 2.75) is 10.9 Å². The molecule has 0 unspecified atom stereocenters. The van der Waals surface area contributed by atoms with Gasteiger partial charge in [0.15, 0.2) is 4.34 Å². The molecule has 0 amide bonds. The van der Waals surface area contributed by atoms with Crippen LogP contribution in [0, 0.1) is 0 Å². The van der Waals surface area contributed by atoms with E-state index in [1.54, 1.807) is 29.3 Å². The summed E-state index contributed by atoms with van der Waals surface area (Å²) in [7, 11) is 0. The molecule has 0 fully saturated rings. The molecule has 0 saturated carbocycles. The summed E-state index contributed by atoms with van der Waals surface area (Å²) < 4.78 is 2.84. The highest BCUT2D eigenvalue weighted by molar-refractivity contribution is 8.00. The fraction of sp³-hybridized carbons (Fsp3) is 0.286. The van der Waals surface area contributed by atoms with Crippen molar-refractivity contribution < 1.29 is 0 Å². The Morgan fingerprint density at radius 2 is 2.46 bits per heavy atom. The van der Waals surface area contributed by atoms with Crippen molar-refractivity contribution in [2.24, 2.45) is 0 Å². The van der Waals surface area contributed by atoms with Crippen LogP contribution in [0.5, 0.6) is 0 Å². The van der Waals surface area contributed by atoms with E-state index in [-0.39, 0.29) is 0 Å². The topological polar surface area (TPSA) is 43.6 Å². The van der Waals surface area contributed by atoms with E-state index >= 15 is 0 Å². The highest BCUT2D eigenvalue weighted by atomic mass is 32.2. The van der Waals surface area contributed by atoms with E-state index in [0.29, 0.717) is 6.54 Å². The number of aromatic nitrogens is 4. The normalized spacial score (nSPS) is 10.5. The van der Waals surface area contributed by atoms with Gasteiger partial charge in [0.2, 0.25) is 0 Å². The van der Waals surface area contributed by atoms with Gasteiger partial charge in [-0.15, -0.1) is 10.2 Å². The molecule has 0 spiro atoms. The summed E-state index contributed by atoms with van der Waals surface area (Å²) in [6.45, 7) is 0.714. The van der Waals surface area contributed by atoms with Crippen molar-refractivity contribution >= 4 is 23.1 Å². The minimum Gasteiger partial charge on any atom is -0.266 e. The molecule has 0 aliphatic rings. The summed E-state index contributed by atoms with van der Waals surface area (Å²) in [5.74, 6) is 0. The SMILES string of the molecule is CSc1nnc(Cn2cccn2)s1. The van der Waals surface area contributed by atoms with Crippen LogP contribution in [0.3, 0.4) is 0 Å². The number of rotatable bonds is 3. The van der Waals surface area contributed by atoms with Gasteiger partial charge in [0, 0.05) is 12.4 Å². The Morgan fingerprint density at radius 1 is 1.54 bits per heavy atom. The molecule has 0 N–H and O–H groups in total. The van der Waals surface area contributed by atoms with Gasteiger partial charge in [-0.1, -0.05) is 23.1 Å². The predicted octanol–water partition coefficient (Wildman–Crippen LogP) is 1.50. The van der Waals surface area contributed by atoms with E-state index < -0.39 is 0 Å². The minimum atomic E-state index is 0.714. The van der Waals surface area contributed by atoms with Crippen LogP contribution in [0.1, 0.15) is 5.01 Å². The molecule has 0 bridgehead atoms. The molecule has 2 aromatic rings. The molecule has 68 valence electrons. The largest absolute Gasteiger partial charge is 0.266 e. The Morgan fingerprint density at radius 3 is 3.08 bits per heavy atom. The maximum absolute atomic E-state index is 4.10. The maximum Gasteiger partial charge on any atom is 0.174 e. The average molecular weight is 212 g/mol. The second kappa shape index (κ2) is 3.89. The molecule has 0 aliphatic carbocycles. The van der Waals surface area contributed by atoms with Gasteiger partial charge in [0.25, 0.3) is 0 Å². The van der Waals surface area contributed by atoms with Gasteiger partial charge in [0.1, 0.15) is 5.01 Å². The molecule has 0 atom stereocenters. The van der Waals surface area contributed by atoms with Crippen LogP contribution in [0.15, 0.2) is 22.8 Å². The summed E-state index contributed by atoms with van der Waals surface area (Å²) in [6.07, 6.45) is 5.68. The maximum atomic E-state index is 4.10. The van der Waals surface area contributed by atoms with Crippen LogP contribution in [0.4, 0.5) is 0 Å². The molecule has 0 aliphatic heterocycles. The van der Waals surface area contributed by atoms with Crippen molar-refractivity contribution in [3.05, 3.63) is 23.5 Å². The summed E-state index contributed by atoms with van der Waals surface area (Å²) >= 11 is 3.23. The Hall–Kier alpha value is -0.880. The van der Waals surface area contributed by atoms with Gasteiger partial charge < -0.3 is 0 Å². The fourth-order valence-corrected chi connectivity index (χ4v) is 2.22. The number of thioether (sulfide) groups is 1. The molecule has 2 aromatic heterocycles. The lowest BCUT2D eigenvalue weighted by Crippen LogP contribution is -1.98. The first-order valence-electron chi connectivity index (χ1n) is 3.72. The molecule has 0 aromatic carbocycles. The Balaban J connectivity index is 2.10. The lowest BCUT2D eigenvalue weighted by molar-refractivity contribution is 0.676. The third-order valence-corrected chi connectivity index (χ3v) is 3.36. The van der Waals surface area contributed by atoms with Crippen molar-refractivity contribution in [1.29, 1.82) is 0 Å². The van der Waals surface area contributed by atoms with E-state index in [9.17, 15) is 0 Å². The third kappa shape index (κ3) is 2.07. The summed E-state index contributed by atoms with van der Waals surface area (Å²) in [5.41, 5.74) is 0. The zero-order chi connectivity index (χ0) is 9.10. The van der Waals surface area contributed by atoms with Crippen molar-refractivity contribution in [1.82, 2.24) is 20.0 Å². The van der Waals surface area contributed by atoms with Gasteiger partial charge in [-0.05, 0) is 12.3 Å². The lowest BCUT2D eigenvalue weighted by Gasteiger charge is -1.93. The third-order valence-electron chi connectivity index (χ3n) is 1.48. The molecular formula is C7H8N4S2. The quantitative estimate of drug-likeness (QED) is 0.723. The molecule has 13 heavy (non-hydrogen) atoms. The smallest absolute Gasteiger partial charge is 0.174 e. The highest BCUT2D eigenvalue weighted by Gasteiger charge is 2.02. The molecule has 6 heteroatoms. The first kappa shape index (κ1) is 8.71. The van der Waals surface area contributed by atoms with Crippen LogP contribution in [-0.4, -0.2) is 26.2 Å². The zero-order valence-corrected chi connectivity index (χ0v) is 8.68. The van der Waals surface area contributed by atoms with Crippen molar-refractivity contribution in [2.75, 3.05) is 6.26 Å². The van der Waals surface area contributed by atoms with Crippen molar-refractivity contribution in [3.63, 3.8) is 0 Å². The van der Waals surface area contributed by atoms with Crippen LogP contribution >= 0.6 is 23.1 Å². The minimum absolute atomic E-state index is 0.714.